The van der Waals surface area contributed by atoms with Gasteiger partial charge in [0.2, 0.25) is 11.8 Å². The number of carbonyl (C=O) groups is 2. The second-order valence-corrected chi connectivity index (χ2v) is 9.05. The number of alkyl halides is 3. The second-order valence-electron chi connectivity index (χ2n) is 9.05. The van der Waals surface area contributed by atoms with Crippen molar-refractivity contribution in [3.8, 4) is 0 Å². The minimum Gasteiger partial charge on any atom is -0.391 e. The van der Waals surface area contributed by atoms with Gasteiger partial charge >= 0.3 is 6.18 Å². The lowest BCUT2D eigenvalue weighted by Crippen LogP contribution is -2.41. The smallest absolute Gasteiger partial charge is 0.391 e. The van der Waals surface area contributed by atoms with Gasteiger partial charge < -0.3 is 4.84 Å². The van der Waals surface area contributed by atoms with Crippen molar-refractivity contribution in [2.45, 2.75) is 18.7 Å². The van der Waals surface area contributed by atoms with Gasteiger partial charge in [-0.05, 0) is 30.5 Å². The molecule has 1 saturated heterocycles. The number of nitro groups is 1. The fourth-order valence-electron chi connectivity index (χ4n) is 6.22. The Morgan fingerprint density at radius 1 is 1.00 bits per heavy atom. The molecule has 2 aliphatic heterocycles. The molecule has 0 N–H and O–H groups in total. The summed E-state index contributed by atoms with van der Waals surface area (Å²) in [5.41, 5.74) is -0.134. The van der Waals surface area contributed by atoms with Crippen LogP contribution in [0, 0.1) is 39.7 Å². The van der Waals surface area contributed by atoms with Crippen LogP contribution in [0.4, 0.5) is 24.5 Å². The number of carbonyl (C=O) groups excluding carboxylic acids is 2. The summed E-state index contributed by atoms with van der Waals surface area (Å²) in [6, 6.07) is 10.2. The first-order valence-corrected chi connectivity index (χ1v) is 10.7. The standard InChI is InChI=1S/C23H16F3N3O5/c24-23(25,26)11-4-2-5-12(8-11)28-21(30)16-14-9-15(17(16)22(28)31)20-18(14)19(27-34-20)10-3-1-6-13(7-10)29(32)33/h1-8,14-18,20H,9H2/t14-,15-,16+,17-,18-,20-/m1/s1. The van der Waals surface area contributed by atoms with Gasteiger partial charge in [-0.25, -0.2) is 0 Å². The highest BCUT2D eigenvalue weighted by atomic mass is 19.4. The Bertz CT molecular complexity index is 1290. The van der Waals surface area contributed by atoms with Crippen LogP contribution in [0.15, 0.2) is 53.7 Å². The number of imide groups is 1. The van der Waals surface area contributed by atoms with E-state index in [2.05, 4.69) is 5.16 Å². The Balaban J connectivity index is 1.33. The number of oxime groups is 1. The maximum Gasteiger partial charge on any atom is 0.416 e. The number of anilines is 1. The Morgan fingerprint density at radius 2 is 1.71 bits per heavy atom. The van der Waals surface area contributed by atoms with Gasteiger partial charge in [0.15, 0.2) is 0 Å². The van der Waals surface area contributed by atoms with Crippen LogP contribution in [0.25, 0.3) is 0 Å². The average molecular weight is 471 g/mol. The third-order valence-corrected chi connectivity index (χ3v) is 7.47. The lowest BCUT2D eigenvalue weighted by Gasteiger charge is -2.29. The topological polar surface area (TPSA) is 102 Å². The van der Waals surface area contributed by atoms with Crippen LogP contribution in [0.1, 0.15) is 17.5 Å². The molecule has 2 amide bonds. The lowest BCUT2D eigenvalue weighted by molar-refractivity contribution is -0.384. The SMILES string of the molecule is O=C1[C@@H]2[C@H]3C[C@@H]([C@@H]4C(c5cccc([N+](=O)[O-])c5)=NO[C@H]34)[C@@H]2C(=O)N1c1cccc(C(F)(F)F)c1. The summed E-state index contributed by atoms with van der Waals surface area (Å²) in [4.78, 5) is 43.8. The largest absolute Gasteiger partial charge is 0.416 e. The summed E-state index contributed by atoms with van der Waals surface area (Å²) in [6.45, 7) is 0. The van der Waals surface area contributed by atoms with Crippen molar-refractivity contribution in [3.63, 3.8) is 0 Å². The van der Waals surface area contributed by atoms with E-state index in [1.807, 2.05) is 0 Å². The van der Waals surface area contributed by atoms with Gasteiger partial charge in [0.25, 0.3) is 5.69 Å². The van der Waals surface area contributed by atoms with E-state index in [1.165, 1.54) is 24.3 Å². The molecule has 174 valence electrons. The Hall–Kier alpha value is -3.76. The number of amides is 2. The van der Waals surface area contributed by atoms with Gasteiger partial charge in [-0.15, -0.1) is 0 Å². The summed E-state index contributed by atoms with van der Waals surface area (Å²) in [7, 11) is 0. The lowest BCUT2D eigenvalue weighted by atomic mass is 9.71. The number of nitro benzene ring substituents is 1. The zero-order valence-electron chi connectivity index (χ0n) is 17.3. The van der Waals surface area contributed by atoms with Crippen LogP contribution < -0.4 is 4.90 Å². The molecule has 2 aliphatic carbocycles. The van der Waals surface area contributed by atoms with E-state index < -0.39 is 46.4 Å². The molecule has 11 heteroatoms. The zero-order chi connectivity index (χ0) is 23.9. The molecule has 2 bridgehead atoms. The molecule has 8 nitrogen and oxygen atoms in total. The van der Waals surface area contributed by atoms with Crippen molar-refractivity contribution in [2.24, 2.45) is 34.7 Å². The normalized spacial score (nSPS) is 31.4. The summed E-state index contributed by atoms with van der Waals surface area (Å²) in [6.07, 6.45) is -4.52. The van der Waals surface area contributed by atoms with Gasteiger partial charge in [0, 0.05) is 29.5 Å². The molecule has 0 radical (unpaired) electrons. The molecule has 34 heavy (non-hydrogen) atoms. The highest BCUT2D eigenvalue weighted by molar-refractivity contribution is 6.23. The van der Waals surface area contributed by atoms with E-state index in [0.717, 1.165) is 17.0 Å². The summed E-state index contributed by atoms with van der Waals surface area (Å²) in [5.74, 6) is -3.36. The van der Waals surface area contributed by atoms with Crippen molar-refractivity contribution in [2.75, 3.05) is 4.90 Å². The Labute approximate surface area is 190 Å². The molecule has 3 fully saturated rings. The van der Waals surface area contributed by atoms with Crippen molar-refractivity contribution in [1.82, 2.24) is 0 Å². The molecule has 2 heterocycles. The molecule has 2 saturated carbocycles. The van der Waals surface area contributed by atoms with Crippen LogP contribution in [0.5, 0.6) is 0 Å². The number of benzene rings is 2. The van der Waals surface area contributed by atoms with Gasteiger partial charge in [-0.1, -0.05) is 23.4 Å². The summed E-state index contributed by atoms with van der Waals surface area (Å²) < 4.78 is 39.6. The average Bonchev–Trinajstić information content (AvgIpc) is 3.53. The highest BCUT2D eigenvalue weighted by Crippen LogP contribution is 2.62. The number of hydrogen-bond donors (Lipinski definition) is 0. The molecule has 2 aromatic rings. The molecule has 6 rings (SSSR count). The first-order chi connectivity index (χ1) is 16.2. The summed E-state index contributed by atoms with van der Waals surface area (Å²) in [5, 5.41) is 15.3. The number of hydrogen-bond acceptors (Lipinski definition) is 6. The molecule has 6 atom stereocenters. The van der Waals surface area contributed by atoms with Gasteiger partial charge in [0.05, 0.1) is 33.7 Å². The van der Waals surface area contributed by atoms with Crippen LogP contribution in [0.2, 0.25) is 0 Å². The van der Waals surface area contributed by atoms with Crippen LogP contribution >= 0.6 is 0 Å². The summed E-state index contributed by atoms with van der Waals surface area (Å²) >= 11 is 0. The quantitative estimate of drug-likeness (QED) is 0.385. The maximum absolute atomic E-state index is 13.4. The number of halogens is 3. The molecular formula is C23H16F3N3O5. The second kappa shape index (κ2) is 6.87. The van der Waals surface area contributed by atoms with Gasteiger partial charge in [0.1, 0.15) is 6.10 Å². The van der Waals surface area contributed by atoms with Crippen molar-refractivity contribution in [3.05, 3.63) is 69.8 Å². The predicted octanol–water partition coefficient (Wildman–Crippen LogP) is 3.79. The maximum atomic E-state index is 13.4. The number of rotatable bonds is 3. The monoisotopic (exact) mass is 471 g/mol. The van der Waals surface area contributed by atoms with E-state index in [-0.39, 0.29) is 29.1 Å². The van der Waals surface area contributed by atoms with Crippen LogP contribution in [-0.2, 0) is 20.6 Å². The first kappa shape index (κ1) is 20.8. The van der Waals surface area contributed by atoms with Crippen molar-refractivity contribution in [1.29, 1.82) is 0 Å². The Kier molecular flexibility index (Phi) is 4.21. The molecule has 4 aliphatic rings. The first-order valence-electron chi connectivity index (χ1n) is 10.7. The molecule has 0 aromatic heterocycles. The van der Waals surface area contributed by atoms with E-state index in [4.69, 9.17) is 4.84 Å². The third kappa shape index (κ3) is 2.75. The van der Waals surface area contributed by atoms with Crippen LogP contribution in [0.3, 0.4) is 0 Å². The molecular weight excluding hydrogens is 455 g/mol. The number of fused-ring (bicyclic) bond motifs is 8. The van der Waals surface area contributed by atoms with Gasteiger partial charge in [-0.3, -0.25) is 24.6 Å². The fraction of sp³-hybridized carbons (Fsp3) is 0.348. The van der Waals surface area contributed by atoms with Crippen molar-refractivity contribution < 1.29 is 32.5 Å². The van der Waals surface area contributed by atoms with E-state index in [0.29, 0.717) is 17.7 Å². The number of non-ortho nitro benzene ring substituents is 1. The predicted molar refractivity (Wildman–Crippen MR) is 111 cm³/mol. The highest BCUT2D eigenvalue weighted by Gasteiger charge is 2.70. The van der Waals surface area contributed by atoms with E-state index in [1.54, 1.807) is 12.1 Å². The number of nitrogens with zero attached hydrogens (tertiary/aromatic N) is 3. The van der Waals surface area contributed by atoms with E-state index >= 15 is 0 Å². The fourth-order valence-corrected chi connectivity index (χ4v) is 6.22. The molecule has 2 aromatic carbocycles. The van der Waals surface area contributed by atoms with Crippen LogP contribution in [-0.4, -0.2) is 28.6 Å². The Morgan fingerprint density at radius 3 is 2.41 bits per heavy atom. The zero-order valence-corrected chi connectivity index (χ0v) is 17.3. The van der Waals surface area contributed by atoms with E-state index in [9.17, 15) is 32.9 Å². The van der Waals surface area contributed by atoms with Crippen molar-refractivity contribution >= 4 is 28.9 Å². The molecule has 0 unspecified atom stereocenters. The molecule has 0 spiro atoms. The minimum atomic E-state index is -4.61. The minimum absolute atomic E-state index is 0.0997. The third-order valence-electron chi connectivity index (χ3n) is 7.47. The van der Waals surface area contributed by atoms with Gasteiger partial charge in [-0.2, -0.15) is 13.2 Å².